The van der Waals surface area contributed by atoms with Gasteiger partial charge in [-0.15, -0.1) is 0 Å². The molecule has 1 heterocycles. The topological polar surface area (TPSA) is 42.0 Å². The van der Waals surface area contributed by atoms with Crippen molar-refractivity contribution < 1.29 is 23.0 Å². The van der Waals surface area contributed by atoms with E-state index in [1.807, 2.05) is 4.90 Å². The van der Waals surface area contributed by atoms with Crippen molar-refractivity contribution in [3.8, 4) is 11.5 Å². The van der Waals surface area contributed by atoms with Crippen molar-refractivity contribution in [2.45, 2.75) is 6.54 Å². The second-order valence-electron chi connectivity index (χ2n) is 6.38. The van der Waals surface area contributed by atoms with E-state index in [1.165, 1.54) is 20.3 Å². The summed E-state index contributed by atoms with van der Waals surface area (Å²) in [5, 5.41) is 0. The molecule has 0 N–H and O–H groups in total. The molecule has 7 heteroatoms. The zero-order chi connectivity index (χ0) is 19.4. The van der Waals surface area contributed by atoms with Crippen LogP contribution in [0.1, 0.15) is 15.9 Å². The fourth-order valence-corrected chi connectivity index (χ4v) is 3.13. The first kappa shape index (κ1) is 19.1. The minimum absolute atomic E-state index is 0.108. The van der Waals surface area contributed by atoms with Crippen LogP contribution in [0.15, 0.2) is 36.4 Å². The van der Waals surface area contributed by atoms with Crippen LogP contribution in [0.5, 0.6) is 11.5 Å². The van der Waals surface area contributed by atoms with Crippen LogP contribution in [-0.2, 0) is 6.54 Å². The van der Waals surface area contributed by atoms with Gasteiger partial charge >= 0.3 is 0 Å². The standard InChI is InChI=1S/C20H22F2N2O3/c1-26-16-10-15(11-17(12-16)27-2)20(25)24-8-6-23(7-9-24)13-14-4-3-5-18(21)19(14)22/h3-5,10-12H,6-9,13H2,1-2H3. The van der Waals surface area contributed by atoms with Crippen LogP contribution in [0, 0.1) is 11.6 Å². The number of amides is 1. The number of ether oxygens (including phenoxy) is 2. The van der Waals surface area contributed by atoms with Gasteiger partial charge in [0.05, 0.1) is 14.2 Å². The van der Waals surface area contributed by atoms with Crippen molar-refractivity contribution in [3.05, 3.63) is 59.2 Å². The maximum absolute atomic E-state index is 13.8. The third kappa shape index (κ3) is 4.36. The van der Waals surface area contributed by atoms with Gasteiger partial charge in [-0.05, 0) is 18.2 Å². The van der Waals surface area contributed by atoms with Crippen LogP contribution >= 0.6 is 0 Å². The van der Waals surface area contributed by atoms with Gasteiger partial charge in [0.25, 0.3) is 5.91 Å². The van der Waals surface area contributed by atoms with Gasteiger partial charge < -0.3 is 14.4 Å². The quantitative estimate of drug-likeness (QED) is 0.805. The van der Waals surface area contributed by atoms with E-state index in [0.717, 1.165) is 6.07 Å². The molecule has 144 valence electrons. The summed E-state index contributed by atoms with van der Waals surface area (Å²) in [5.74, 6) is -0.646. The molecule has 1 aliphatic heterocycles. The summed E-state index contributed by atoms with van der Waals surface area (Å²) in [6.45, 7) is 2.51. The zero-order valence-corrected chi connectivity index (χ0v) is 15.4. The summed E-state index contributed by atoms with van der Waals surface area (Å²) >= 11 is 0. The number of halogens is 2. The summed E-state index contributed by atoms with van der Waals surface area (Å²) in [6, 6.07) is 9.26. The highest BCUT2D eigenvalue weighted by atomic mass is 19.2. The largest absolute Gasteiger partial charge is 0.497 e. The van der Waals surface area contributed by atoms with Gasteiger partial charge in [0, 0.05) is 49.9 Å². The maximum Gasteiger partial charge on any atom is 0.254 e. The number of carbonyl (C=O) groups is 1. The van der Waals surface area contributed by atoms with Crippen molar-refractivity contribution in [1.82, 2.24) is 9.80 Å². The number of piperazine rings is 1. The summed E-state index contributed by atoms with van der Waals surface area (Å²) < 4.78 is 37.6. The molecule has 2 aromatic carbocycles. The van der Waals surface area contributed by atoms with Gasteiger partial charge in [0.15, 0.2) is 11.6 Å². The number of hydrogen-bond acceptors (Lipinski definition) is 4. The van der Waals surface area contributed by atoms with Crippen molar-refractivity contribution in [1.29, 1.82) is 0 Å². The van der Waals surface area contributed by atoms with E-state index in [9.17, 15) is 13.6 Å². The lowest BCUT2D eigenvalue weighted by molar-refractivity contribution is 0.0626. The average molecular weight is 376 g/mol. The number of hydrogen-bond donors (Lipinski definition) is 0. The normalized spacial score (nSPS) is 14.9. The molecule has 0 aromatic heterocycles. The smallest absolute Gasteiger partial charge is 0.254 e. The Balaban J connectivity index is 1.63. The Morgan fingerprint density at radius 2 is 1.63 bits per heavy atom. The highest BCUT2D eigenvalue weighted by Crippen LogP contribution is 2.24. The van der Waals surface area contributed by atoms with Crippen LogP contribution in [-0.4, -0.2) is 56.1 Å². The molecule has 2 aromatic rings. The number of benzene rings is 2. The SMILES string of the molecule is COc1cc(OC)cc(C(=O)N2CCN(Cc3cccc(F)c3F)CC2)c1. The highest BCUT2D eigenvalue weighted by Gasteiger charge is 2.24. The Bertz CT molecular complexity index is 799. The Hall–Kier alpha value is -2.67. The van der Waals surface area contributed by atoms with Crippen molar-refractivity contribution >= 4 is 5.91 Å². The third-order valence-corrected chi connectivity index (χ3v) is 4.68. The lowest BCUT2D eigenvalue weighted by Crippen LogP contribution is -2.48. The summed E-state index contributed by atoms with van der Waals surface area (Å²) in [7, 11) is 3.07. The van der Waals surface area contributed by atoms with E-state index < -0.39 is 11.6 Å². The van der Waals surface area contributed by atoms with E-state index in [4.69, 9.17) is 9.47 Å². The molecule has 1 aliphatic rings. The van der Waals surface area contributed by atoms with E-state index >= 15 is 0 Å². The summed E-state index contributed by atoms with van der Waals surface area (Å²) in [4.78, 5) is 16.5. The molecule has 0 saturated carbocycles. The molecule has 0 radical (unpaired) electrons. The molecule has 1 amide bonds. The van der Waals surface area contributed by atoms with Crippen LogP contribution in [0.2, 0.25) is 0 Å². The average Bonchev–Trinajstić information content (AvgIpc) is 2.71. The molecule has 5 nitrogen and oxygen atoms in total. The molecule has 27 heavy (non-hydrogen) atoms. The van der Waals surface area contributed by atoms with Gasteiger partial charge in [-0.25, -0.2) is 8.78 Å². The van der Waals surface area contributed by atoms with Crippen molar-refractivity contribution in [2.75, 3.05) is 40.4 Å². The van der Waals surface area contributed by atoms with Crippen molar-refractivity contribution in [2.24, 2.45) is 0 Å². The first-order valence-corrected chi connectivity index (χ1v) is 8.69. The molecule has 0 spiro atoms. The molecule has 0 unspecified atom stereocenters. The molecule has 1 fully saturated rings. The minimum atomic E-state index is -0.840. The zero-order valence-electron chi connectivity index (χ0n) is 15.4. The van der Waals surface area contributed by atoms with E-state index in [0.29, 0.717) is 55.3 Å². The molecule has 0 bridgehead atoms. The number of rotatable bonds is 5. The fraction of sp³-hybridized carbons (Fsp3) is 0.350. The van der Waals surface area contributed by atoms with E-state index in [1.54, 1.807) is 29.2 Å². The monoisotopic (exact) mass is 376 g/mol. The molecule has 0 atom stereocenters. The first-order valence-electron chi connectivity index (χ1n) is 8.69. The second-order valence-corrected chi connectivity index (χ2v) is 6.38. The summed E-state index contributed by atoms with van der Waals surface area (Å²) in [5.41, 5.74) is 0.822. The van der Waals surface area contributed by atoms with Gasteiger partial charge in [0.1, 0.15) is 11.5 Å². The van der Waals surface area contributed by atoms with E-state index in [2.05, 4.69) is 0 Å². The van der Waals surface area contributed by atoms with Crippen LogP contribution in [0.4, 0.5) is 8.78 Å². The Morgan fingerprint density at radius 3 is 2.22 bits per heavy atom. The van der Waals surface area contributed by atoms with Crippen LogP contribution in [0.25, 0.3) is 0 Å². The summed E-state index contributed by atoms with van der Waals surface area (Å²) in [6.07, 6.45) is 0. The van der Waals surface area contributed by atoms with Crippen LogP contribution < -0.4 is 9.47 Å². The first-order chi connectivity index (χ1) is 13.0. The number of methoxy groups -OCH3 is 2. The van der Waals surface area contributed by atoms with Crippen LogP contribution in [0.3, 0.4) is 0 Å². The van der Waals surface area contributed by atoms with Gasteiger partial charge in [0.2, 0.25) is 0 Å². The number of carbonyl (C=O) groups excluding carboxylic acids is 1. The predicted molar refractivity (Wildman–Crippen MR) is 97.1 cm³/mol. The molecule has 0 aliphatic carbocycles. The lowest BCUT2D eigenvalue weighted by atomic mass is 10.1. The predicted octanol–water partition coefficient (Wildman–Crippen LogP) is 2.94. The Labute approximate surface area is 157 Å². The Morgan fingerprint density at radius 1 is 1.00 bits per heavy atom. The van der Waals surface area contributed by atoms with Gasteiger partial charge in [-0.1, -0.05) is 12.1 Å². The van der Waals surface area contributed by atoms with Crippen molar-refractivity contribution in [3.63, 3.8) is 0 Å². The third-order valence-electron chi connectivity index (χ3n) is 4.68. The molecule has 3 rings (SSSR count). The Kier molecular flexibility index (Phi) is 5.91. The maximum atomic E-state index is 13.8. The minimum Gasteiger partial charge on any atom is -0.497 e. The molecular weight excluding hydrogens is 354 g/mol. The second kappa shape index (κ2) is 8.35. The number of nitrogens with zero attached hydrogens (tertiary/aromatic N) is 2. The van der Waals surface area contributed by atoms with Gasteiger partial charge in [-0.3, -0.25) is 9.69 Å². The lowest BCUT2D eigenvalue weighted by Gasteiger charge is -2.35. The highest BCUT2D eigenvalue weighted by molar-refractivity contribution is 5.95. The fourth-order valence-electron chi connectivity index (χ4n) is 3.13. The molecular formula is C20H22F2N2O3. The molecule has 1 saturated heterocycles. The van der Waals surface area contributed by atoms with E-state index in [-0.39, 0.29) is 5.91 Å². The van der Waals surface area contributed by atoms with Gasteiger partial charge in [-0.2, -0.15) is 0 Å².